The fraction of sp³-hybridized carbons (Fsp3) is 0.400. The molecule has 0 atom stereocenters. The zero-order valence-electron chi connectivity index (χ0n) is 10.9. The molecule has 0 unspecified atom stereocenters. The lowest BCUT2D eigenvalue weighted by Gasteiger charge is -2.05. The van der Waals surface area contributed by atoms with Crippen molar-refractivity contribution in [3.63, 3.8) is 0 Å². The molecule has 0 saturated heterocycles. The Bertz CT molecular complexity index is 384. The van der Waals surface area contributed by atoms with Crippen molar-refractivity contribution in [3.8, 4) is 11.5 Å². The highest BCUT2D eigenvalue weighted by molar-refractivity contribution is 5.80. The molecule has 0 heterocycles. The SMILES string of the molecule is [CH+]=CC(=O)OCCCCCCOc1ccc(O)cc1. The van der Waals surface area contributed by atoms with E-state index in [-0.39, 0.29) is 5.75 Å². The van der Waals surface area contributed by atoms with Gasteiger partial charge in [0.15, 0.2) is 0 Å². The predicted octanol–water partition coefficient (Wildman–Crippen LogP) is 2.86. The second-order valence-corrected chi connectivity index (χ2v) is 4.09. The van der Waals surface area contributed by atoms with Crippen LogP contribution in [0, 0.1) is 6.58 Å². The first-order valence-corrected chi connectivity index (χ1v) is 6.36. The molecule has 0 aliphatic heterocycles. The minimum absolute atomic E-state index is 0.233. The van der Waals surface area contributed by atoms with E-state index in [2.05, 4.69) is 0 Å². The molecule has 0 aliphatic carbocycles. The molecule has 4 heteroatoms. The van der Waals surface area contributed by atoms with Crippen LogP contribution in [-0.4, -0.2) is 24.3 Å². The Balaban J connectivity index is 1.95. The van der Waals surface area contributed by atoms with Crippen LogP contribution in [0.2, 0.25) is 0 Å². The molecule has 4 nitrogen and oxygen atoms in total. The summed E-state index contributed by atoms with van der Waals surface area (Å²) in [6.07, 6.45) is 4.70. The highest BCUT2D eigenvalue weighted by Gasteiger charge is 2.04. The fourth-order valence-corrected chi connectivity index (χ4v) is 1.51. The highest BCUT2D eigenvalue weighted by atomic mass is 16.5. The number of hydrogen-bond acceptors (Lipinski definition) is 4. The van der Waals surface area contributed by atoms with Crippen LogP contribution in [0.15, 0.2) is 30.3 Å². The van der Waals surface area contributed by atoms with Crippen molar-refractivity contribution < 1.29 is 19.4 Å². The molecule has 0 saturated carbocycles. The second-order valence-electron chi connectivity index (χ2n) is 4.09. The van der Waals surface area contributed by atoms with Gasteiger partial charge >= 0.3 is 5.97 Å². The van der Waals surface area contributed by atoms with Crippen LogP contribution in [-0.2, 0) is 9.53 Å². The number of aromatic hydroxyl groups is 1. The average Bonchev–Trinajstić information content (AvgIpc) is 2.43. The van der Waals surface area contributed by atoms with Gasteiger partial charge in [-0.15, -0.1) is 4.79 Å². The van der Waals surface area contributed by atoms with Crippen molar-refractivity contribution in [2.24, 2.45) is 0 Å². The Kier molecular flexibility index (Phi) is 7.06. The van der Waals surface area contributed by atoms with Crippen LogP contribution in [0.25, 0.3) is 0 Å². The van der Waals surface area contributed by atoms with Gasteiger partial charge in [-0.05, 0) is 49.9 Å². The van der Waals surface area contributed by atoms with E-state index in [1.54, 1.807) is 24.3 Å². The third kappa shape index (κ3) is 7.06. The molecule has 0 aliphatic rings. The molecule has 102 valence electrons. The van der Waals surface area contributed by atoms with E-state index >= 15 is 0 Å². The van der Waals surface area contributed by atoms with E-state index in [0.29, 0.717) is 13.2 Å². The van der Waals surface area contributed by atoms with Crippen molar-refractivity contribution in [2.75, 3.05) is 13.2 Å². The number of carbonyl (C=O) groups excluding carboxylic acids is 1. The predicted molar refractivity (Wildman–Crippen MR) is 71.9 cm³/mol. The number of carbonyl (C=O) groups is 1. The van der Waals surface area contributed by atoms with Gasteiger partial charge in [0.25, 0.3) is 0 Å². The van der Waals surface area contributed by atoms with Crippen molar-refractivity contribution >= 4 is 5.97 Å². The first kappa shape index (κ1) is 15.0. The minimum atomic E-state index is -0.476. The molecule has 19 heavy (non-hydrogen) atoms. The standard InChI is InChI=1S/C15H18O4/c1-2-15(17)19-12-6-4-3-5-11-18-14-9-7-13(16)8-10-14/h1-2,7-10H,3-6,11-12H2/p+1. The van der Waals surface area contributed by atoms with Crippen LogP contribution in [0.4, 0.5) is 0 Å². The van der Waals surface area contributed by atoms with Gasteiger partial charge < -0.3 is 14.6 Å². The summed E-state index contributed by atoms with van der Waals surface area (Å²) in [7, 11) is 0. The highest BCUT2D eigenvalue weighted by Crippen LogP contribution is 2.16. The summed E-state index contributed by atoms with van der Waals surface area (Å²) in [6.45, 7) is 6.03. The smallest absolute Gasteiger partial charge is 0.484 e. The Morgan fingerprint density at radius 2 is 1.74 bits per heavy atom. The summed E-state index contributed by atoms with van der Waals surface area (Å²) < 4.78 is 10.3. The largest absolute Gasteiger partial charge is 0.508 e. The quantitative estimate of drug-likeness (QED) is 0.322. The number of ether oxygens (including phenoxy) is 2. The van der Waals surface area contributed by atoms with E-state index in [1.165, 1.54) is 0 Å². The van der Waals surface area contributed by atoms with E-state index in [1.807, 2.05) is 0 Å². The fourth-order valence-electron chi connectivity index (χ4n) is 1.51. The molecule has 0 bridgehead atoms. The Morgan fingerprint density at radius 1 is 1.11 bits per heavy atom. The van der Waals surface area contributed by atoms with Crippen LogP contribution < -0.4 is 4.74 Å². The van der Waals surface area contributed by atoms with E-state index in [4.69, 9.17) is 21.2 Å². The van der Waals surface area contributed by atoms with Gasteiger partial charge in [-0.3, -0.25) is 0 Å². The number of benzene rings is 1. The van der Waals surface area contributed by atoms with Gasteiger partial charge in [0.05, 0.1) is 13.2 Å². The van der Waals surface area contributed by atoms with Gasteiger partial charge in [-0.25, -0.2) is 0 Å². The lowest BCUT2D eigenvalue weighted by molar-refractivity contribution is -0.137. The van der Waals surface area contributed by atoms with Crippen LogP contribution >= 0.6 is 0 Å². The summed E-state index contributed by atoms with van der Waals surface area (Å²) in [4.78, 5) is 10.7. The number of rotatable bonds is 9. The zero-order valence-corrected chi connectivity index (χ0v) is 10.9. The number of unbranched alkanes of at least 4 members (excludes halogenated alkanes) is 3. The topological polar surface area (TPSA) is 55.8 Å². The van der Waals surface area contributed by atoms with Crippen molar-refractivity contribution in [1.82, 2.24) is 0 Å². The third-order valence-corrected chi connectivity index (χ3v) is 2.52. The van der Waals surface area contributed by atoms with Crippen molar-refractivity contribution in [1.29, 1.82) is 0 Å². The molecular formula is C15H19O4+. The van der Waals surface area contributed by atoms with Crippen molar-refractivity contribution in [2.45, 2.75) is 25.7 Å². The summed E-state index contributed by atoms with van der Waals surface area (Å²) in [5.41, 5.74) is 0. The van der Waals surface area contributed by atoms with Gasteiger partial charge in [-0.1, -0.05) is 0 Å². The molecule has 0 aromatic heterocycles. The molecule has 0 amide bonds. The maximum Gasteiger partial charge on any atom is 0.484 e. The molecule has 0 radical (unpaired) electrons. The lowest BCUT2D eigenvalue weighted by atomic mass is 10.2. The summed E-state index contributed by atoms with van der Waals surface area (Å²) in [5.74, 6) is 0.512. The third-order valence-electron chi connectivity index (χ3n) is 2.52. The van der Waals surface area contributed by atoms with E-state index in [9.17, 15) is 4.79 Å². The van der Waals surface area contributed by atoms with Crippen LogP contribution in [0.3, 0.4) is 0 Å². The minimum Gasteiger partial charge on any atom is -0.508 e. The maximum atomic E-state index is 10.7. The molecule has 1 aromatic carbocycles. The first-order valence-electron chi connectivity index (χ1n) is 6.36. The van der Waals surface area contributed by atoms with Gasteiger partial charge in [0, 0.05) is 0 Å². The molecule has 0 spiro atoms. The number of phenols is 1. The zero-order chi connectivity index (χ0) is 13.9. The van der Waals surface area contributed by atoms with Gasteiger partial charge in [0.1, 0.15) is 18.1 Å². The van der Waals surface area contributed by atoms with Gasteiger partial charge in [-0.2, -0.15) is 0 Å². The van der Waals surface area contributed by atoms with Crippen LogP contribution in [0.5, 0.6) is 11.5 Å². The normalized spacial score (nSPS) is 9.84. The van der Waals surface area contributed by atoms with Crippen molar-refractivity contribution in [3.05, 3.63) is 36.9 Å². The molecule has 1 rings (SSSR count). The summed E-state index contributed by atoms with van der Waals surface area (Å²) in [5, 5.41) is 9.10. The Morgan fingerprint density at radius 3 is 2.37 bits per heavy atom. The molecule has 1 N–H and O–H groups in total. The second kappa shape index (κ2) is 8.95. The average molecular weight is 263 g/mol. The Labute approximate surface area is 113 Å². The molecule has 1 aromatic rings. The summed E-state index contributed by atoms with van der Waals surface area (Å²) in [6, 6.07) is 6.66. The van der Waals surface area contributed by atoms with E-state index in [0.717, 1.165) is 37.5 Å². The number of esters is 1. The monoisotopic (exact) mass is 263 g/mol. The van der Waals surface area contributed by atoms with Crippen LogP contribution in [0.1, 0.15) is 25.7 Å². The Hall–Kier alpha value is -2.06. The molecular weight excluding hydrogens is 244 g/mol. The first-order chi connectivity index (χ1) is 9.22. The number of phenolic OH excluding ortho intramolecular Hbond substituents is 1. The molecule has 0 fully saturated rings. The summed E-state index contributed by atoms with van der Waals surface area (Å²) >= 11 is 0. The van der Waals surface area contributed by atoms with Gasteiger partial charge in [0.2, 0.25) is 6.08 Å². The van der Waals surface area contributed by atoms with E-state index < -0.39 is 5.97 Å². The lowest BCUT2D eigenvalue weighted by Crippen LogP contribution is -2.02. The maximum absolute atomic E-state index is 10.7. The number of hydrogen-bond donors (Lipinski definition) is 1.